The Morgan fingerprint density at radius 2 is 2.35 bits per heavy atom. The summed E-state index contributed by atoms with van der Waals surface area (Å²) in [5.74, 6) is 1.22. The number of hydrogen-bond donors (Lipinski definition) is 1. The molecule has 1 fully saturated rings. The molecule has 0 saturated carbocycles. The van der Waals surface area contributed by atoms with Crippen molar-refractivity contribution in [3.63, 3.8) is 0 Å². The van der Waals surface area contributed by atoms with Gasteiger partial charge in [0.1, 0.15) is 0 Å². The van der Waals surface area contributed by atoms with Gasteiger partial charge in [-0.3, -0.25) is 0 Å². The van der Waals surface area contributed by atoms with Gasteiger partial charge in [-0.1, -0.05) is 25.5 Å². The third kappa shape index (κ3) is 6.20. The lowest BCUT2D eigenvalue weighted by Gasteiger charge is -2.22. The lowest BCUT2D eigenvalue weighted by molar-refractivity contribution is 0.0706. The van der Waals surface area contributed by atoms with Crippen LogP contribution in [-0.4, -0.2) is 40.0 Å². The van der Waals surface area contributed by atoms with Crippen molar-refractivity contribution in [3.8, 4) is 0 Å². The molecule has 0 spiro atoms. The van der Waals surface area contributed by atoms with Crippen LogP contribution in [0.15, 0.2) is 11.6 Å². The first-order valence-electron chi connectivity index (χ1n) is 6.72. The molecular formula is C14H27NO2. The molecule has 0 aromatic carbocycles. The van der Waals surface area contributed by atoms with Gasteiger partial charge >= 0.3 is 0 Å². The van der Waals surface area contributed by atoms with E-state index in [2.05, 4.69) is 25.2 Å². The van der Waals surface area contributed by atoms with E-state index in [0.29, 0.717) is 11.8 Å². The van der Waals surface area contributed by atoms with Crippen LogP contribution in [0.5, 0.6) is 0 Å². The molecule has 0 bridgehead atoms. The molecule has 1 atom stereocenters. The summed E-state index contributed by atoms with van der Waals surface area (Å²) in [6.07, 6.45) is 4.89. The normalized spacial score (nSPS) is 22.1. The number of rotatable bonds is 7. The fourth-order valence-electron chi connectivity index (χ4n) is 2.06. The highest BCUT2D eigenvalue weighted by molar-refractivity contribution is 5.09. The number of nitrogens with one attached hydrogen (secondary N) is 1. The Labute approximate surface area is 106 Å². The SMILES string of the molecule is COCCNCC(=CC1CCCOC1)C(C)C. The molecule has 1 N–H and O–H groups in total. The van der Waals surface area contributed by atoms with E-state index in [1.807, 2.05) is 0 Å². The molecular weight excluding hydrogens is 214 g/mol. The highest BCUT2D eigenvalue weighted by Gasteiger charge is 2.13. The quantitative estimate of drug-likeness (QED) is 0.548. The Hall–Kier alpha value is -0.380. The molecule has 0 radical (unpaired) electrons. The highest BCUT2D eigenvalue weighted by Crippen LogP contribution is 2.19. The van der Waals surface area contributed by atoms with Gasteiger partial charge in [-0.15, -0.1) is 0 Å². The van der Waals surface area contributed by atoms with E-state index in [4.69, 9.17) is 9.47 Å². The molecule has 3 heteroatoms. The second-order valence-electron chi connectivity index (χ2n) is 5.04. The van der Waals surface area contributed by atoms with Crippen molar-refractivity contribution in [2.75, 3.05) is 40.0 Å². The van der Waals surface area contributed by atoms with E-state index in [1.165, 1.54) is 18.4 Å². The van der Waals surface area contributed by atoms with E-state index >= 15 is 0 Å². The highest BCUT2D eigenvalue weighted by atomic mass is 16.5. The summed E-state index contributed by atoms with van der Waals surface area (Å²) in [6, 6.07) is 0. The topological polar surface area (TPSA) is 30.5 Å². The smallest absolute Gasteiger partial charge is 0.0587 e. The second-order valence-corrected chi connectivity index (χ2v) is 5.04. The average molecular weight is 241 g/mol. The largest absolute Gasteiger partial charge is 0.383 e. The molecule has 0 aromatic rings. The molecule has 1 rings (SSSR count). The predicted molar refractivity (Wildman–Crippen MR) is 71.2 cm³/mol. The van der Waals surface area contributed by atoms with Crippen molar-refractivity contribution in [2.24, 2.45) is 11.8 Å². The first kappa shape index (κ1) is 14.7. The van der Waals surface area contributed by atoms with Crippen LogP contribution >= 0.6 is 0 Å². The Morgan fingerprint density at radius 1 is 1.53 bits per heavy atom. The molecule has 1 heterocycles. The monoisotopic (exact) mass is 241 g/mol. The minimum Gasteiger partial charge on any atom is -0.383 e. The molecule has 17 heavy (non-hydrogen) atoms. The molecule has 1 unspecified atom stereocenters. The van der Waals surface area contributed by atoms with Crippen molar-refractivity contribution >= 4 is 0 Å². The van der Waals surface area contributed by atoms with Gasteiger partial charge < -0.3 is 14.8 Å². The Balaban J connectivity index is 2.37. The van der Waals surface area contributed by atoms with Gasteiger partial charge in [0.05, 0.1) is 13.2 Å². The minimum atomic E-state index is 0.604. The average Bonchev–Trinajstić information content (AvgIpc) is 2.34. The summed E-state index contributed by atoms with van der Waals surface area (Å²) in [5.41, 5.74) is 1.50. The van der Waals surface area contributed by atoms with Crippen LogP contribution in [0.3, 0.4) is 0 Å². The van der Waals surface area contributed by atoms with Crippen LogP contribution in [0.2, 0.25) is 0 Å². The van der Waals surface area contributed by atoms with Gasteiger partial charge in [0.25, 0.3) is 0 Å². The molecule has 0 aromatic heterocycles. The zero-order valence-corrected chi connectivity index (χ0v) is 11.5. The maximum atomic E-state index is 5.52. The van der Waals surface area contributed by atoms with Crippen molar-refractivity contribution in [1.29, 1.82) is 0 Å². The minimum absolute atomic E-state index is 0.604. The van der Waals surface area contributed by atoms with E-state index in [-0.39, 0.29) is 0 Å². The van der Waals surface area contributed by atoms with Crippen molar-refractivity contribution in [2.45, 2.75) is 26.7 Å². The first-order chi connectivity index (χ1) is 8.24. The van der Waals surface area contributed by atoms with Gasteiger partial charge in [-0.25, -0.2) is 0 Å². The number of ether oxygens (including phenoxy) is 2. The van der Waals surface area contributed by atoms with Gasteiger partial charge in [0.15, 0.2) is 0 Å². The molecule has 1 aliphatic heterocycles. The second kappa shape index (κ2) is 8.67. The van der Waals surface area contributed by atoms with E-state index < -0.39 is 0 Å². The summed E-state index contributed by atoms with van der Waals surface area (Å²) in [7, 11) is 1.74. The molecule has 100 valence electrons. The lowest BCUT2D eigenvalue weighted by Crippen LogP contribution is -2.24. The van der Waals surface area contributed by atoms with Crippen LogP contribution in [0, 0.1) is 11.8 Å². The van der Waals surface area contributed by atoms with Crippen LogP contribution in [0.1, 0.15) is 26.7 Å². The zero-order chi connectivity index (χ0) is 12.5. The fraction of sp³-hybridized carbons (Fsp3) is 0.857. The maximum Gasteiger partial charge on any atom is 0.0587 e. The van der Waals surface area contributed by atoms with Crippen LogP contribution in [0.25, 0.3) is 0 Å². The number of hydrogen-bond acceptors (Lipinski definition) is 3. The Morgan fingerprint density at radius 3 is 2.94 bits per heavy atom. The fourth-order valence-corrected chi connectivity index (χ4v) is 2.06. The van der Waals surface area contributed by atoms with Gasteiger partial charge in [0.2, 0.25) is 0 Å². The van der Waals surface area contributed by atoms with Crippen LogP contribution in [-0.2, 0) is 9.47 Å². The lowest BCUT2D eigenvalue weighted by atomic mass is 9.94. The van der Waals surface area contributed by atoms with E-state index in [1.54, 1.807) is 7.11 Å². The summed E-state index contributed by atoms with van der Waals surface area (Å²) in [6.45, 7) is 9.01. The molecule has 0 amide bonds. The maximum absolute atomic E-state index is 5.52. The first-order valence-corrected chi connectivity index (χ1v) is 6.72. The standard InChI is InChI=1S/C14H27NO2/c1-12(2)14(10-15-6-8-16-3)9-13-5-4-7-17-11-13/h9,12-13,15H,4-8,10-11H2,1-3H3. The Bertz CT molecular complexity index is 220. The third-order valence-electron chi connectivity index (χ3n) is 3.20. The van der Waals surface area contributed by atoms with Crippen molar-refractivity contribution in [1.82, 2.24) is 5.32 Å². The van der Waals surface area contributed by atoms with Gasteiger partial charge in [-0.2, -0.15) is 0 Å². The third-order valence-corrected chi connectivity index (χ3v) is 3.20. The van der Waals surface area contributed by atoms with Gasteiger partial charge in [-0.05, 0) is 18.8 Å². The predicted octanol–water partition coefficient (Wildman–Crippen LogP) is 2.23. The van der Waals surface area contributed by atoms with Crippen molar-refractivity contribution < 1.29 is 9.47 Å². The molecule has 3 nitrogen and oxygen atoms in total. The summed E-state index contributed by atoms with van der Waals surface area (Å²) >= 11 is 0. The number of methoxy groups -OCH3 is 1. The summed E-state index contributed by atoms with van der Waals surface area (Å²) in [4.78, 5) is 0. The summed E-state index contributed by atoms with van der Waals surface area (Å²) in [5, 5.41) is 3.42. The van der Waals surface area contributed by atoms with Crippen LogP contribution < -0.4 is 5.32 Å². The van der Waals surface area contributed by atoms with Crippen LogP contribution in [0.4, 0.5) is 0 Å². The van der Waals surface area contributed by atoms with E-state index in [9.17, 15) is 0 Å². The zero-order valence-electron chi connectivity index (χ0n) is 11.5. The van der Waals surface area contributed by atoms with Crippen molar-refractivity contribution in [3.05, 3.63) is 11.6 Å². The Kier molecular flexibility index (Phi) is 7.49. The molecule has 0 aliphatic carbocycles. The molecule has 1 aliphatic rings. The van der Waals surface area contributed by atoms with Gasteiger partial charge in [0, 0.05) is 32.7 Å². The summed E-state index contributed by atoms with van der Waals surface area (Å²) < 4.78 is 10.6. The molecule has 1 saturated heterocycles. The van der Waals surface area contributed by atoms with E-state index in [0.717, 1.165) is 32.9 Å².